The van der Waals surface area contributed by atoms with Gasteiger partial charge in [0, 0.05) is 22.4 Å². The quantitative estimate of drug-likeness (QED) is 0.674. The number of benzene rings is 1. The van der Waals surface area contributed by atoms with Crippen LogP contribution in [0.15, 0.2) is 41.7 Å². The van der Waals surface area contributed by atoms with Crippen molar-refractivity contribution in [3.05, 3.63) is 42.4 Å². The number of nitrogens with zero attached hydrogens (tertiary/aromatic N) is 2. The summed E-state index contributed by atoms with van der Waals surface area (Å²) >= 11 is 1.90. The van der Waals surface area contributed by atoms with E-state index in [1.54, 1.807) is 6.33 Å². The Bertz CT molecular complexity index is 451. The van der Waals surface area contributed by atoms with Crippen LogP contribution in [-0.2, 0) is 6.42 Å². The average molecular weight is 214 g/mol. The first-order chi connectivity index (χ1) is 7.45. The van der Waals surface area contributed by atoms with Gasteiger partial charge in [0.2, 0.25) is 0 Å². The van der Waals surface area contributed by atoms with Crippen molar-refractivity contribution in [3.63, 3.8) is 0 Å². The maximum absolute atomic E-state index is 4.40. The van der Waals surface area contributed by atoms with Crippen LogP contribution < -0.4 is 0 Å². The SMILES string of the molecule is c1ccc2c(c1)SCCc1cncnc1-2. The van der Waals surface area contributed by atoms with E-state index in [0.717, 1.165) is 17.9 Å². The minimum atomic E-state index is 1.05. The molecule has 2 aromatic rings. The van der Waals surface area contributed by atoms with Crippen LogP contribution in [0.2, 0.25) is 0 Å². The molecule has 0 amide bonds. The Morgan fingerprint density at radius 3 is 3.13 bits per heavy atom. The zero-order chi connectivity index (χ0) is 10.1. The zero-order valence-electron chi connectivity index (χ0n) is 8.18. The second-order valence-electron chi connectivity index (χ2n) is 3.49. The Morgan fingerprint density at radius 2 is 2.13 bits per heavy atom. The fourth-order valence-electron chi connectivity index (χ4n) is 1.84. The highest BCUT2D eigenvalue weighted by molar-refractivity contribution is 7.99. The molecular formula is C12H10N2S. The van der Waals surface area contributed by atoms with E-state index in [2.05, 4.69) is 34.2 Å². The van der Waals surface area contributed by atoms with E-state index in [-0.39, 0.29) is 0 Å². The minimum Gasteiger partial charge on any atom is -0.244 e. The number of hydrogen-bond donors (Lipinski definition) is 0. The van der Waals surface area contributed by atoms with Crippen LogP contribution in [0.5, 0.6) is 0 Å². The molecule has 0 radical (unpaired) electrons. The molecule has 1 aromatic heterocycles. The van der Waals surface area contributed by atoms with Crippen LogP contribution >= 0.6 is 11.8 Å². The summed E-state index contributed by atoms with van der Waals surface area (Å²) in [6.07, 6.45) is 4.62. The van der Waals surface area contributed by atoms with E-state index in [4.69, 9.17) is 0 Å². The smallest absolute Gasteiger partial charge is 0.116 e. The van der Waals surface area contributed by atoms with E-state index >= 15 is 0 Å². The second kappa shape index (κ2) is 3.66. The van der Waals surface area contributed by atoms with Gasteiger partial charge >= 0.3 is 0 Å². The van der Waals surface area contributed by atoms with Crippen molar-refractivity contribution in [3.8, 4) is 11.3 Å². The molecule has 0 fully saturated rings. The molecule has 0 unspecified atom stereocenters. The summed E-state index contributed by atoms with van der Waals surface area (Å²) in [5.74, 6) is 1.11. The molecule has 15 heavy (non-hydrogen) atoms. The monoisotopic (exact) mass is 214 g/mol. The van der Waals surface area contributed by atoms with Crippen LogP contribution in [0.25, 0.3) is 11.3 Å². The van der Waals surface area contributed by atoms with Crippen molar-refractivity contribution in [1.29, 1.82) is 0 Å². The fraction of sp³-hybridized carbons (Fsp3) is 0.167. The predicted octanol–water partition coefficient (Wildman–Crippen LogP) is 2.79. The first kappa shape index (κ1) is 8.92. The molecule has 0 saturated carbocycles. The molecule has 1 aliphatic heterocycles. The summed E-state index contributed by atoms with van der Waals surface area (Å²) in [6.45, 7) is 0. The summed E-state index contributed by atoms with van der Waals surface area (Å²) < 4.78 is 0. The maximum atomic E-state index is 4.40. The molecule has 1 aromatic carbocycles. The lowest BCUT2D eigenvalue weighted by atomic mass is 10.1. The molecule has 0 bridgehead atoms. The lowest BCUT2D eigenvalue weighted by Crippen LogP contribution is -1.93. The van der Waals surface area contributed by atoms with Crippen LogP contribution in [0.3, 0.4) is 0 Å². The molecule has 0 spiro atoms. The maximum Gasteiger partial charge on any atom is 0.116 e. The highest BCUT2D eigenvalue weighted by Gasteiger charge is 2.14. The lowest BCUT2D eigenvalue weighted by molar-refractivity contribution is 1.06. The molecule has 1 aliphatic rings. The van der Waals surface area contributed by atoms with Crippen molar-refractivity contribution in [2.75, 3.05) is 5.75 Å². The normalized spacial score (nSPS) is 13.9. The van der Waals surface area contributed by atoms with E-state index in [9.17, 15) is 0 Å². The van der Waals surface area contributed by atoms with Gasteiger partial charge in [-0.05, 0) is 18.1 Å². The van der Waals surface area contributed by atoms with Crippen molar-refractivity contribution >= 4 is 11.8 Å². The highest BCUT2D eigenvalue weighted by Crippen LogP contribution is 2.35. The number of fused-ring (bicyclic) bond motifs is 3. The number of hydrogen-bond acceptors (Lipinski definition) is 3. The van der Waals surface area contributed by atoms with Crippen molar-refractivity contribution < 1.29 is 0 Å². The molecule has 3 heteroatoms. The Labute approximate surface area is 92.8 Å². The molecule has 2 heterocycles. The van der Waals surface area contributed by atoms with E-state index in [0.29, 0.717) is 0 Å². The standard InChI is InChI=1S/C12H10N2S/c1-2-4-11-10(3-1)12-9(5-6-15-11)7-13-8-14-12/h1-4,7-8H,5-6H2. The molecule has 0 saturated heterocycles. The molecule has 74 valence electrons. The minimum absolute atomic E-state index is 1.05. The first-order valence-electron chi connectivity index (χ1n) is 4.96. The molecule has 3 rings (SSSR count). The van der Waals surface area contributed by atoms with Gasteiger partial charge in [0.05, 0.1) is 5.69 Å². The third-order valence-corrected chi connectivity index (χ3v) is 3.63. The summed E-state index contributed by atoms with van der Waals surface area (Å²) in [5, 5.41) is 0. The highest BCUT2D eigenvalue weighted by atomic mass is 32.2. The lowest BCUT2D eigenvalue weighted by Gasteiger charge is -2.05. The van der Waals surface area contributed by atoms with Crippen LogP contribution in [0.1, 0.15) is 5.56 Å². The molecular weight excluding hydrogens is 204 g/mol. The number of aryl methyl sites for hydroxylation is 1. The number of aromatic nitrogens is 2. The van der Waals surface area contributed by atoms with Crippen molar-refractivity contribution in [2.45, 2.75) is 11.3 Å². The average Bonchev–Trinajstić information content (AvgIpc) is 2.48. The second-order valence-corrected chi connectivity index (χ2v) is 4.63. The Kier molecular flexibility index (Phi) is 2.18. The van der Waals surface area contributed by atoms with Crippen molar-refractivity contribution in [1.82, 2.24) is 9.97 Å². The van der Waals surface area contributed by atoms with Gasteiger partial charge in [-0.2, -0.15) is 0 Å². The first-order valence-corrected chi connectivity index (χ1v) is 5.95. The fourth-order valence-corrected chi connectivity index (χ4v) is 2.88. The van der Waals surface area contributed by atoms with E-state index in [1.165, 1.54) is 16.0 Å². The zero-order valence-corrected chi connectivity index (χ0v) is 9.00. The summed E-state index contributed by atoms with van der Waals surface area (Å²) in [5.41, 5.74) is 3.61. The molecule has 0 atom stereocenters. The summed E-state index contributed by atoms with van der Waals surface area (Å²) in [7, 11) is 0. The van der Waals surface area contributed by atoms with Gasteiger partial charge in [-0.15, -0.1) is 11.8 Å². The number of rotatable bonds is 0. The van der Waals surface area contributed by atoms with Gasteiger partial charge in [0.15, 0.2) is 0 Å². The number of thioether (sulfide) groups is 1. The molecule has 0 aliphatic carbocycles. The van der Waals surface area contributed by atoms with Gasteiger partial charge in [0.25, 0.3) is 0 Å². The summed E-state index contributed by atoms with van der Waals surface area (Å²) in [6, 6.07) is 8.45. The van der Waals surface area contributed by atoms with E-state index in [1.807, 2.05) is 18.0 Å². The van der Waals surface area contributed by atoms with Gasteiger partial charge in [-0.3, -0.25) is 0 Å². The third-order valence-electron chi connectivity index (χ3n) is 2.56. The molecule has 0 N–H and O–H groups in total. The van der Waals surface area contributed by atoms with Gasteiger partial charge in [-0.25, -0.2) is 9.97 Å². The Morgan fingerprint density at radius 1 is 1.20 bits per heavy atom. The Hall–Kier alpha value is -1.35. The summed E-state index contributed by atoms with van der Waals surface area (Å²) in [4.78, 5) is 9.82. The largest absolute Gasteiger partial charge is 0.244 e. The van der Waals surface area contributed by atoms with Gasteiger partial charge in [-0.1, -0.05) is 18.2 Å². The predicted molar refractivity (Wildman–Crippen MR) is 61.9 cm³/mol. The third kappa shape index (κ3) is 1.53. The van der Waals surface area contributed by atoms with Crippen molar-refractivity contribution in [2.24, 2.45) is 0 Å². The Balaban J connectivity index is 2.27. The van der Waals surface area contributed by atoms with Crippen LogP contribution in [-0.4, -0.2) is 15.7 Å². The van der Waals surface area contributed by atoms with Crippen LogP contribution in [0, 0.1) is 0 Å². The van der Waals surface area contributed by atoms with Gasteiger partial charge in [0.1, 0.15) is 6.33 Å². The molecule has 2 nitrogen and oxygen atoms in total. The van der Waals surface area contributed by atoms with Crippen LogP contribution in [0.4, 0.5) is 0 Å². The van der Waals surface area contributed by atoms with Gasteiger partial charge < -0.3 is 0 Å². The topological polar surface area (TPSA) is 25.8 Å². The van der Waals surface area contributed by atoms with E-state index < -0.39 is 0 Å².